The Labute approximate surface area is 125 Å². The van der Waals surface area contributed by atoms with E-state index in [1.165, 1.54) is 0 Å². The number of carbonyl (C=O) groups excluding carboxylic acids is 1. The van der Waals surface area contributed by atoms with Gasteiger partial charge in [0.2, 0.25) is 5.91 Å². The molecule has 1 rings (SSSR count). The average Bonchev–Trinajstić information content (AvgIpc) is 2.39. The molecule has 2 atom stereocenters. The molecule has 1 aromatic rings. The van der Waals surface area contributed by atoms with Gasteiger partial charge in [-0.05, 0) is 11.5 Å². The van der Waals surface area contributed by atoms with Gasteiger partial charge < -0.3 is 15.8 Å². The molecule has 3 N–H and O–H groups in total. The Balaban J connectivity index is 2.88. The van der Waals surface area contributed by atoms with Crippen molar-refractivity contribution in [1.82, 2.24) is 5.32 Å². The number of carbonyl (C=O) groups is 1. The van der Waals surface area contributed by atoms with Crippen LogP contribution in [0.5, 0.6) is 0 Å². The Bertz CT molecular complexity index is 448. The van der Waals surface area contributed by atoms with Gasteiger partial charge in [0.25, 0.3) is 0 Å². The number of ether oxygens (including phenoxy) is 1. The number of rotatable bonds is 7. The van der Waals surface area contributed by atoms with E-state index in [2.05, 4.69) is 5.32 Å². The number of nitrogens with two attached hydrogens (primary N) is 1. The van der Waals surface area contributed by atoms with Crippen molar-refractivity contribution in [3.05, 3.63) is 35.9 Å². The summed E-state index contributed by atoms with van der Waals surface area (Å²) in [5, 5.41) is 2.97. The lowest BCUT2D eigenvalue weighted by Crippen LogP contribution is -2.46. The molecule has 1 aromatic carbocycles. The fraction of sp³-hybridized carbons (Fsp3) is 0.467. The third-order valence-electron chi connectivity index (χ3n) is 3.16. The van der Waals surface area contributed by atoms with Gasteiger partial charge in [0.15, 0.2) is 0 Å². The zero-order chi connectivity index (χ0) is 15.1. The highest BCUT2D eigenvalue weighted by Gasteiger charge is 2.26. The van der Waals surface area contributed by atoms with Crippen molar-refractivity contribution in [2.75, 3.05) is 13.7 Å². The number of nitrogens with one attached hydrogen (secondary N) is 1. The van der Waals surface area contributed by atoms with Crippen LogP contribution in [0, 0.1) is 5.92 Å². The van der Waals surface area contributed by atoms with Crippen molar-refractivity contribution in [3.8, 4) is 0 Å². The topological polar surface area (TPSA) is 64.3 Å². The van der Waals surface area contributed by atoms with Gasteiger partial charge in [-0.2, -0.15) is 0 Å². The third kappa shape index (κ3) is 4.58. The lowest BCUT2D eigenvalue weighted by Gasteiger charge is -2.24. The fourth-order valence-electron chi connectivity index (χ4n) is 1.94. The second-order valence-corrected chi connectivity index (χ2v) is 5.53. The van der Waals surface area contributed by atoms with Crippen LogP contribution in [-0.4, -0.2) is 30.7 Å². The molecule has 0 aromatic heterocycles. The van der Waals surface area contributed by atoms with E-state index in [4.69, 9.17) is 22.7 Å². The van der Waals surface area contributed by atoms with E-state index >= 15 is 0 Å². The summed E-state index contributed by atoms with van der Waals surface area (Å²) in [6, 6.07) is 9.26. The van der Waals surface area contributed by atoms with E-state index in [1.807, 2.05) is 44.2 Å². The second kappa shape index (κ2) is 7.97. The van der Waals surface area contributed by atoms with Gasteiger partial charge in [0.05, 0.1) is 17.6 Å². The number of hydrogen-bond donors (Lipinski definition) is 2. The number of amides is 1. The van der Waals surface area contributed by atoms with Crippen LogP contribution in [0.3, 0.4) is 0 Å². The summed E-state index contributed by atoms with van der Waals surface area (Å²) < 4.78 is 5.13. The number of hydrogen-bond acceptors (Lipinski definition) is 3. The smallest absolute Gasteiger partial charge is 0.234 e. The highest BCUT2D eigenvalue weighted by molar-refractivity contribution is 7.80. The Hall–Kier alpha value is -1.46. The minimum atomic E-state index is -0.607. The van der Waals surface area contributed by atoms with Crippen molar-refractivity contribution in [2.24, 2.45) is 11.7 Å². The molecule has 2 unspecified atom stereocenters. The van der Waals surface area contributed by atoms with Crippen LogP contribution >= 0.6 is 12.2 Å². The van der Waals surface area contributed by atoms with Crippen molar-refractivity contribution in [1.29, 1.82) is 0 Å². The van der Waals surface area contributed by atoms with Crippen LogP contribution in [0.1, 0.15) is 25.3 Å². The maximum atomic E-state index is 12.4. The predicted octanol–water partition coefficient (Wildman–Crippen LogP) is 1.84. The Morgan fingerprint density at radius 1 is 1.35 bits per heavy atom. The molecule has 0 radical (unpaired) electrons. The fourth-order valence-corrected chi connectivity index (χ4v) is 2.18. The van der Waals surface area contributed by atoms with E-state index in [0.717, 1.165) is 5.56 Å². The Kier molecular flexibility index (Phi) is 6.61. The molecule has 1 amide bonds. The first-order valence-electron chi connectivity index (χ1n) is 6.61. The molecule has 5 heteroatoms. The molecular formula is C15H22N2O2S. The summed E-state index contributed by atoms with van der Waals surface area (Å²) in [6.07, 6.45) is 0. The monoisotopic (exact) mass is 294 g/mol. The quantitative estimate of drug-likeness (QED) is 0.753. The minimum absolute atomic E-state index is 0.0620. The van der Waals surface area contributed by atoms with Gasteiger partial charge in [0.1, 0.15) is 5.92 Å². The molecule has 0 aliphatic heterocycles. The normalized spacial score (nSPS) is 13.8. The third-order valence-corrected chi connectivity index (χ3v) is 3.39. The van der Waals surface area contributed by atoms with Crippen molar-refractivity contribution >= 4 is 23.1 Å². The number of benzene rings is 1. The van der Waals surface area contributed by atoms with Crippen LogP contribution in [0.4, 0.5) is 0 Å². The highest BCUT2D eigenvalue weighted by Crippen LogP contribution is 2.17. The second-order valence-electron chi connectivity index (χ2n) is 5.06. The van der Waals surface area contributed by atoms with Gasteiger partial charge in [0, 0.05) is 7.11 Å². The van der Waals surface area contributed by atoms with Crippen LogP contribution in [0.15, 0.2) is 30.3 Å². The number of methoxy groups -OCH3 is 1. The van der Waals surface area contributed by atoms with E-state index < -0.39 is 5.92 Å². The first kappa shape index (κ1) is 16.6. The van der Waals surface area contributed by atoms with Crippen molar-refractivity contribution in [3.63, 3.8) is 0 Å². The first-order chi connectivity index (χ1) is 9.47. The number of thiocarbonyl (C=S) groups is 1. The van der Waals surface area contributed by atoms with E-state index in [1.54, 1.807) is 7.11 Å². The zero-order valence-corrected chi connectivity index (χ0v) is 12.9. The SMILES string of the molecule is COCC(NC(=O)C(C(N)=S)c1ccccc1)C(C)C. The average molecular weight is 294 g/mol. The van der Waals surface area contributed by atoms with Crippen molar-refractivity contribution in [2.45, 2.75) is 25.8 Å². The molecule has 0 aliphatic carbocycles. The molecule has 0 bridgehead atoms. The lowest BCUT2D eigenvalue weighted by atomic mass is 9.96. The summed E-state index contributed by atoms with van der Waals surface area (Å²) in [7, 11) is 1.61. The minimum Gasteiger partial charge on any atom is -0.392 e. The summed E-state index contributed by atoms with van der Waals surface area (Å²) >= 11 is 5.04. The van der Waals surface area contributed by atoms with Gasteiger partial charge in [-0.15, -0.1) is 0 Å². The largest absolute Gasteiger partial charge is 0.392 e. The highest BCUT2D eigenvalue weighted by atomic mass is 32.1. The maximum Gasteiger partial charge on any atom is 0.234 e. The molecule has 0 saturated heterocycles. The lowest BCUT2D eigenvalue weighted by molar-refractivity contribution is -0.122. The van der Waals surface area contributed by atoms with Crippen molar-refractivity contribution < 1.29 is 9.53 Å². The molecule has 110 valence electrons. The molecule has 4 nitrogen and oxygen atoms in total. The molecule has 0 aliphatic rings. The van der Waals surface area contributed by atoms with E-state index in [9.17, 15) is 4.79 Å². The van der Waals surface area contributed by atoms with Gasteiger partial charge in [-0.3, -0.25) is 4.79 Å². The van der Waals surface area contributed by atoms with Gasteiger partial charge in [-0.25, -0.2) is 0 Å². The zero-order valence-electron chi connectivity index (χ0n) is 12.1. The summed E-state index contributed by atoms with van der Waals surface area (Å²) in [6.45, 7) is 4.52. The van der Waals surface area contributed by atoms with Gasteiger partial charge >= 0.3 is 0 Å². The van der Waals surface area contributed by atoms with Crippen LogP contribution < -0.4 is 11.1 Å². The van der Waals surface area contributed by atoms with E-state index in [-0.39, 0.29) is 22.9 Å². The van der Waals surface area contributed by atoms with Gasteiger partial charge in [-0.1, -0.05) is 56.4 Å². The summed E-state index contributed by atoms with van der Waals surface area (Å²) in [4.78, 5) is 12.6. The Morgan fingerprint density at radius 2 is 1.95 bits per heavy atom. The predicted molar refractivity (Wildman–Crippen MR) is 84.6 cm³/mol. The summed E-state index contributed by atoms with van der Waals surface area (Å²) in [5.41, 5.74) is 6.54. The molecule has 0 fully saturated rings. The Morgan fingerprint density at radius 3 is 2.40 bits per heavy atom. The standard InChI is InChI=1S/C15H22N2O2S/c1-10(2)12(9-19-3)17-15(18)13(14(16)20)11-7-5-4-6-8-11/h4-8,10,12-13H,9H2,1-3H3,(H2,16,20)(H,17,18). The summed E-state index contributed by atoms with van der Waals surface area (Å²) in [5.74, 6) is -0.523. The maximum absolute atomic E-state index is 12.4. The van der Waals surface area contributed by atoms with Crippen LogP contribution in [-0.2, 0) is 9.53 Å². The van der Waals surface area contributed by atoms with Crippen LogP contribution in [0.2, 0.25) is 0 Å². The first-order valence-corrected chi connectivity index (χ1v) is 7.01. The molecule has 0 saturated carbocycles. The van der Waals surface area contributed by atoms with E-state index in [0.29, 0.717) is 6.61 Å². The molecule has 0 spiro atoms. The molecule has 20 heavy (non-hydrogen) atoms. The molecular weight excluding hydrogens is 272 g/mol. The van der Waals surface area contributed by atoms with Crippen LogP contribution in [0.25, 0.3) is 0 Å². The molecule has 0 heterocycles.